The van der Waals surface area contributed by atoms with Gasteiger partial charge in [0.05, 0.1) is 5.41 Å². The number of rotatable bonds is 4. The second kappa shape index (κ2) is 7.90. The van der Waals surface area contributed by atoms with Gasteiger partial charge in [0.1, 0.15) is 7.05 Å². The molecule has 0 unspecified atom stereocenters. The predicted octanol–water partition coefficient (Wildman–Crippen LogP) is 3.45. The Hall–Kier alpha value is -3.04. The van der Waals surface area contributed by atoms with Gasteiger partial charge in [-0.2, -0.15) is 4.58 Å². The lowest BCUT2D eigenvalue weighted by molar-refractivity contribution is -0.401. The van der Waals surface area contributed by atoms with E-state index in [0.29, 0.717) is 0 Å². The third-order valence-corrected chi connectivity index (χ3v) is 6.52. The van der Waals surface area contributed by atoms with Crippen molar-refractivity contribution in [2.24, 2.45) is 0 Å². The molecule has 1 aliphatic heterocycles. The van der Waals surface area contributed by atoms with Crippen molar-refractivity contribution in [1.29, 1.82) is 0 Å². The maximum absolute atomic E-state index is 3.50. The Bertz CT molecular complexity index is 1340. The summed E-state index contributed by atoms with van der Waals surface area (Å²) >= 11 is 0. The summed E-state index contributed by atoms with van der Waals surface area (Å²) in [6, 6.07) is 24.0. The van der Waals surface area contributed by atoms with Crippen molar-refractivity contribution in [3.8, 4) is 0 Å². The number of hydrogen-bond acceptors (Lipinski definition) is 1. The van der Waals surface area contributed by atoms with Crippen LogP contribution in [0.5, 0.6) is 0 Å². The minimum Gasteiger partial charge on any atom is -1.00 e. The van der Waals surface area contributed by atoms with Gasteiger partial charge in [-0.3, -0.25) is 0 Å². The van der Waals surface area contributed by atoms with Crippen LogP contribution in [0.4, 0.5) is 11.4 Å². The molecule has 0 fully saturated rings. The third kappa shape index (κ3) is 3.24. The van der Waals surface area contributed by atoms with Crippen molar-refractivity contribution < 1.29 is 17.0 Å². The van der Waals surface area contributed by atoms with Gasteiger partial charge in [-0.15, -0.1) is 0 Å². The summed E-state index contributed by atoms with van der Waals surface area (Å²) in [6.45, 7) is 7.76. The third-order valence-electron chi connectivity index (χ3n) is 6.52. The zero-order valence-electron chi connectivity index (χ0n) is 18.5. The van der Waals surface area contributed by atoms with Crippen molar-refractivity contribution in [2.45, 2.75) is 32.7 Å². The number of halogens is 1. The van der Waals surface area contributed by atoms with Gasteiger partial charge in [0.25, 0.3) is 0 Å². The van der Waals surface area contributed by atoms with Crippen LogP contribution in [-0.4, -0.2) is 21.9 Å². The highest BCUT2D eigenvalue weighted by Gasteiger charge is 2.42. The lowest BCUT2D eigenvalue weighted by Gasteiger charge is -2.15. The first kappa shape index (κ1) is 21.2. The molecule has 0 bridgehead atoms. The number of nitrogens with one attached hydrogen (secondary N) is 1. The van der Waals surface area contributed by atoms with E-state index in [2.05, 4.69) is 121 Å². The van der Waals surface area contributed by atoms with Crippen molar-refractivity contribution in [1.82, 2.24) is 4.57 Å². The number of benzene rings is 3. The molecule has 0 amide bonds. The van der Waals surface area contributed by atoms with Crippen LogP contribution >= 0.6 is 0 Å². The Morgan fingerprint density at radius 3 is 2.42 bits per heavy atom. The Kier molecular flexibility index (Phi) is 5.40. The van der Waals surface area contributed by atoms with E-state index in [9.17, 15) is 0 Å². The minimum absolute atomic E-state index is 0. The van der Waals surface area contributed by atoms with Crippen LogP contribution in [-0.2, 0) is 12.0 Å². The average Bonchev–Trinajstić information content (AvgIpc) is 3.18. The van der Waals surface area contributed by atoms with Crippen molar-refractivity contribution in [3.05, 3.63) is 84.6 Å². The molecule has 1 N–H and O–H groups in total. The van der Waals surface area contributed by atoms with Gasteiger partial charge in [0.15, 0.2) is 5.71 Å². The molecule has 0 radical (unpaired) electrons. The zero-order valence-corrected chi connectivity index (χ0v) is 19.2. The Morgan fingerprint density at radius 1 is 0.935 bits per heavy atom. The van der Waals surface area contributed by atoms with Crippen molar-refractivity contribution >= 4 is 38.9 Å². The molecule has 4 heteroatoms. The van der Waals surface area contributed by atoms with Crippen molar-refractivity contribution in [3.63, 3.8) is 0 Å². The van der Waals surface area contributed by atoms with E-state index in [1.807, 2.05) is 0 Å². The first-order chi connectivity index (χ1) is 14.5. The molecule has 5 rings (SSSR count). The average molecular weight is 430 g/mol. The highest BCUT2D eigenvalue weighted by molar-refractivity contribution is 6.09. The van der Waals surface area contributed by atoms with Gasteiger partial charge in [-0.05, 0) is 45.0 Å². The fourth-order valence-electron chi connectivity index (χ4n) is 5.00. The lowest BCUT2D eigenvalue weighted by Crippen LogP contribution is -3.00. The predicted molar refractivity (Wildman–Crippen MR) is 128 cm³/mol. The summed E-state index contributed by atoms with van der Waals surface area (Å²) in [5.41, 5.74) is 7.63. The minimum atomic E-state index is -0.0119. The van der Waals surface area contributed by atoms with E-state index in [1.165, 1.54) is 38.8 Å². The Morgan fingerprint density at radius 2 is 1.65 bits per heavy atom. The highest BCUT2D eigenvalue weighted by Crippen LogP contribution is 2.39. The standard InChI is InChI=1S/C27H27N3.ClH/c1-5-30-23-12-8-6-10-20(23)21-18-19(14-15-24(21)30)28-17-16-26-27(2,3)22-11-7-9-13-25(22)29(26)4;/h6-18H,5H2,1-4H3;1H. The summed E-state index contributed by atoms with van der Waals surface area (Å²) in [5.74, 6) is 0. The molecule has 1 aliphatic rings. The quantitative estimate of drug-likeness (QED) is 0.492. The Balaban J connectivity index is 0.00000231. The van der Waals surface area contributed by atoms with Crippen LogP contribution in [0.2, 0.25) is 0 Å². The maximum Gasteiger partial charge on any atom is 0.209 e. The van der Waals surface area contributed by atoms with Gasteiger partial charge < -0.3 is 22.3 Å². The zero-order chi connectivity index (χ0) is 20.9. The van der Waals surface area contributed by atoms with E-state index in [0.717, 1.165) is 12.2 Å². The molecule has 4 aromatic rings. The maximum atomic E-state index is 3.50. The van der Waals surface area contributed by atoms with Crippen molar-refractivity contribution in [2.75, 3.05) is 12.4 Å². The first-order valence-electron chi connectivity index (χ1n) is 10.7. The molecule has 1 aromatic heterocycles. The number of allylic oxidation sites excluding steroid dienone is 1. The van der Waals surface area contributed by atoms with Crippen LogP contribution in [0, 0.1) is 0 Å². The topological polar surface area (TPSA) is 20.0 Å². The normalized spacial score (nSPS) is 15.0. The lowest BCUT2D eigenvalue weighted by atomic mass is 9.81. The van der Waals surface area contributed by atoms with Crippen LogP contribution in [0.25, 0.3) is 21.8 Å². The van der Waals surface area contributed by atoms with E-state index in [1.54, 1.807) is 0 Å². The second-order valence-electron chi connectivity index (χ2n) is 8.56. The number of nitrogens with zero attached hydrogens (tertiary/aromatic N) is 2. The van der Waals surface area contributed by atoms with Crippen LogP contribution in [0.15, 0.2) is 79.0 Å². The number of anilines is 1. The Labute approximate surface area is 190 Å². The molecule has 2 heterocycles. The van der Waals surface area contributed by atoms with Gasteiger partial charge in [-0.25, -0.2) is 0 Å². The SMILES string of the molecule is CCn1c2ccccc2c2cc(N/C=C/C3=[N+](C)c4ccccc4C3(C)C)ccc21.[Cl-]. The van der Waals surface area contributed by atoms with E-state index < -0.39 is 0 Å². The number of aryl methyl sites for hydroxylation is 1. The molecular formula is C27H28ClN3. The van der Waals surface area contributed by atoms with Gasteiger partial charge in [-0.1, -0.05) is 36.4 Å². The second-order valence-corrected chi connectivity index (χ2v) is 8.56. The van der Waals surface area contributed by atoms with E-state index in [-0.39, 0.29) is 17.8 Å². The smallest absolute Gasteiger partial charge is 0.209 e. The van der Waals surface area contributed by atoms with Crippen LogP contribution in [0.3, 0.4) is 0 Å². The van der Waals surface area contributed by atoms with E-state index in [4.69, 9.17) is 0 Å². The summed E-state index contributed by atoms with van der Waals surface area (Å²) in [7, 11) is 2.15. The largest absolute Gasteiger partial charge is 1.00 e. The molecule has 158 valence electrons. The number of aromatic nitrogens is 1. The fourth-order valence-corrected chi connectivity index (χ4v) is 5.00. The summed E-state index contributed by atoms with van der Waals surface area (Å²) in [6.07, 6.45) is 4.28. The van der Waals surface area contributed by atoms with Crippen LogP contribution < -0.4 is 17.7 Å². The molecule has 3 nitrogen and oxygen atoms in total. The van der Waals surface area contributed by atoms with Gasteiger partial charge in [0.2, 0.25) is 5.69 Å². The number of hydrogen-bond donors (Lipinski definition) is 1. The van der Waals surface area contributed by atoms with E-state index >= 15 is 0 Å². The summed E-state index contributed by atoms with van der Waals surface area (Å²) < 4.78 is 4.68. The van der Waals surface area contributed by atoms with Gasteiger partial charge >= 0.3 is 0 Å². The number of para-hydroxylation sites is 2. The van der Waals surface area contributed by atoms with Gasteiger partial charge in [0, 0.05) is 57.9 Å². The molecule has 0 saturated heterocycles. The van der Waals surface area contributed by atoms with Crippen LogP contribution in [0.1, 0.15) is 26.3 Å². The summed E-state index contributed by atoms with van der Waals surface area (Å²) in [4.78, 5) is 0. The first-order valence-corrected chi connectivity index (χ1v) is 10.7. The monoisotopic (exact) mass is 429 g/mol. The number of fused-ring (bicyclic) bond motifs is 4. The highest BCUT2D eigenvalue weighted by atomic mass is 35.5. The molecule has 3 aromatic carbocycles. The molecule has 31 heavy (non-hydrogen) atoms. The summed E-state index contributed by atoms with van der Waals surface area (Å²) in [5, 5.41) is 6.11. The molecular weight excluding hydrogens is 402 g/mol. The molecule has 0 aliphatic carbocycles. The fraction of sp³-hybridized carbons (Fsp3) is 0.222. The molecule has 0 spiro atoms. The molecule has 0 saturated carbocycles. The molecule has 0 atom stereocenters.